The summed E-state index contributed by atoms with van der Waals surface area (Å²) in [7, 11) is 3.44. The van der Waals surface area contributed by atoms with Crippen molar-refractivity contribution in [3.05, 3.63) is 21.5 Å². The first-order valence-electron chi connectivity index (χ1n) is 5.31. The van der Waals surface area contributed by atoms with Crippen LogP contribution < -0.4 is 0 Å². The Balaban J connectivity index is 3.09. The van der Waals surface area contributed by atoms with Crippen LogP contribution in [0.25, 0.3) is 0 Å². The molecule has 0 aliphatic heterocycles. The van der Waals surface area contributed by atoms with Crippen LogP contribution in [0.5, 0.6) is 0 Å². The molecule has 0 radical (unpaired) electrons. The highest BCUT2D eigenvalue weighted by Gasteiger charge is 2.33. The molecule has 0 saturated heterocycles. The van der Waals surface area contributed by atoms with Gasteiger partial charge in [-0.1, -0.05) is 11.6 Å². The summed E-state index contributed by atoms with van der Waals surface area (Å²) in [5.41, 5.74) is -1.51. The van der Waals surface area contributed by atoms with Crippen molar-refractivity contribution in [2.75, 3.05) is 14.1 Å². The minimum atomic E-state index is -1.16. The highest BCUT2D eigenvalue weighted by molar-refractivity contribution is 6.31. The molecule has 0 aliphatic carbocycles. The number of hydrogen-bond acceptors (Lipinski definition) is 4. The number of nitrogens with zero attached hydrogens (tertiary/aromatic N) is 5. The van der Waals surface area contributed by atoms with Gasteiger partial charge >= 0.3 is 5.69 Å². The summed E-state index contributed by atoms with van der Waals surface area (Å²) in [5, 5.41) is 14.2. The van der Waals surface area contributed by atoms with E-state index in [9.17, 15) is 14.9 Å². The van der Waals surface area contributed by atoms with Gasteiger partial charge in [0.15, 0.2) is 0 Å². The van der Waals surface area contributed by atoms with E-state index in [-0.39, 0.29) is 10.8 Å². The highest BCUT2D eigenvalue weighted by Crippen LogP contribution is 2.26. The zero-order valence-corrected chi connectivity index (χ0v) is 11.7. The van der Waals surface area contributed by atoms with Crippen LogP contribution >= 0.6 is 11.6 Å². The molecular formula is C10H14ClN5O3. The third-order valence-electron chi connectivity index (χ3n) is 2.35. The van der Waals surface area contributed by atoms with E-state index in [2.05, 4.69) is 10.1 Å². The Morgan fingerprint density at radius 2 is 2.21 bits per heavy atom. The molecule has 1 aromatic rings. The van der Waals surface area contributed by atoms with Crippen LogP contribution in [0.2, 0.25) is 5.15 Å². The molecule has 0 atom stereocenters. The Hall–Kier alpha value is -1.96. The molecule has 0 saturated carbocycles. The van der Waals surface area contributed by atoms with Crippen LogP contribution in [0.3, 0.4) is 0 Å². The van der Waals surface area contributed by atoms with Crippen molar-refractivity contribution in [3.63, 3.8) is 0 Å². The fourth-order valence-corrected chi connectivity index (χ4v) is 1.38. The molecule has 104 valence electrons. The van der Waals surface area contributed by atoms with Gasteiger partial charge in [-0.05, 0) is 13.8 Å². The number of aromatic nitrogens is 2. The number of carbonyl (C=O) groups excluding carboxylic acids is 1. The molecule has 9 heteroatoms. The van der Waals surface area contributed by atoms with Gasteiger partial charge in [-0.3, -0.25) is 14.9 Å². The van der Waals surface area contributed by atoms with Crippen molar-refractivity contribution in [2.45, 2.75) is 19.4 Å². The lowest BCUT2D eigenvalue weighted by molar-refractivity contribution is -0.384. The van der Waals surface area contributed by atoms with Gasteiger partial charge in [0.05, 0.1) is 11.3 Å². The van der Waals surface area contributed by atoms with Gasteiger partial charge in [0.1, 0.15) is 11.7 Å². The van der Waals surface area contributed by atoms with Crippen molar-refractivity contribution >= 4 is 29.5 Å². The molecule has 8 nitrogen and oxygen atoms in total. The van der Waals surface area contributed by atoms with Crippen LogP contribution in [-0.2, 0) is 10.3 Å². The average molecular weight is 288 g/mol. The van der Waals surface area contributed by atoms with E-state index in [1.54, 1.807) is 32.8 Å². The van der Waals surface area contributed by atoms with E-state index < -0.39 is 16.4 Å². The zero-order chi connectivity index (χ0) is 14.8. The van der Waals surface area contributed by atoms with E-state index in [0.29, 0.717) is 0 Å². The van der Waals surface area contributed by atoms with E-state index in [0.717, 1.165) is 10.9 Å². The second-order valence-corrected chi connectivity index (χ2v) is 4.94. The topological polar surface area (TPSA) is 93.6 Å². The van der Waals surface area contributed by atoms with E-state index in [1.807, 2.05) is 0 Å². The summed E-state index contributed by atoms with van der Waals surface area (Å²) in [6.07, 6.45) is 2.47. The van der Waals surface area contributed by atoms with Gasteiger partial charge in [-0.2, -0.15) is 5.10 Å². The summed E-state index contributed by atoms with van der Waals surface area (Å²) in [4.78, 5) is 27.3. The molecule has 1 amide bonds. The number of rotatable bonds is 4. The standard InChI is InChI=1S/C10H14ClN5O3/c1-10(2,9(17)12-6-14(3)4)15-5-7(16(18)19)8(11)13-15/h5-6H,1-4H3. The predicted octanol–water partition coefficient (Wildman–Crippen LogP) is 1.30. The first-order valence-corrected chi connectivity index (χ1v) is 5.69. The predicted molar refractivity (Wildman–Crippen MR) is 70.4 cm³/mol. The summed E-state index contributed by atoms with van der Waals surface area (Å²) < 4.78 is 1.14. The quantitative estimate of drug-likeness (QED) is 0.360. The maximum Gasteiger partial charge on any atom is 0.325 e. The van der Waals surface area contributed by atoms with Gasteiger partial charge < -0.3 is 4.90 Å². The third kappa shape index (κ3) is 3.28. The highest BCUT2D eigenvalue weighted by atomic mass is 35.5. The van der Waals surface area contributed by atoms with Gasteiger partial charge in [0.25, 0.3) is 5.91 Å². The maximum atomic E-state index is 12.0. The van der Waals surface area contributed by atoms with Crippen molar-refractivity contribution in [2.24, 2.45) is 4.99 Å². The Morgan fingerprint density at radius 3 is 2.63 bits per heavy atom. The van der Waals surface area contributed by atoms with Gasteiger partial charge in [-0.25, -0.2) is 9.67 Å². The number of nitro groups is 1. The van der Waals surface area contributed by atoms with Gasteiger partial charge in [0.2, 0.25) is 5.15 Å². The normalized spacial score (nSPS) is 11.8. The fourth-order valence-electron chi connectivity index (χ4n) is 1.18. The minimum absolute atomic E-state index is 0.262. The Labute approximate surface area is 114 Å². The average Bonchev–Trinajstić information content (AvgIpc) is 2.68. The molecule has 19 heavy (non-hydrogen) atoms. The largest absolute Gasteiger partial charge is 0.369 e. The maximum absolute atomic E-state index is 12.0. The lowest BCUT2D eigenvalue weighted by atomic mass is 10.1. The number of hydrogen-bond donors (Lipinski definition) is 0. The molecule has 0 N–H and O–H groups in total. The van der Waals surface area contributed by atoms with E-state index in [1.165, 1.54) is 6.34 Å². The monoisotopic (exact) mass is 287 g/mol. The van der Waals surface area contributed by atoms with Crippen molar-refractivity contribution in [1.29, 1.82) is 0 Å². The molecule has 1 rings (SSSR count). The summed E-state index contributed by atoms with van der Waals surface area (Å²) in [6, 6.07) is 0. The summed E-state index contributed by atoms with van der Waals surface area (Å²) >= 11 is 5.65. The number of carbonyl (C=O) groups is 1. The Morgan fingerprint density at radius 1 is 1.63 bits per heavy atom. The molecule has 0 bridgehead atoms. The summed E-state index contributed by atoms with van der Waals surface area (Å²) in [6.45, 7) is 3.10. The Kier molecular flexibility index (Phi) is 4.25. The van der Waals surface area contributed by atoms with Crippen molar-refractivity contribution in [1.82, 2.24) is 14.7 Å². The number of aliphatic imine (C=N–C) groups is 1. The van der Waals surface area contributed by atoms with Crippen LogP contribution in [-0.4, -0.2) is 45.9 Å². The first kappa shape index (κ1) is 15.1. The van der Waals surface area contributed by atoms with Gasteiger partial charge in [-0.15, -0.1) is 0 Å². The lowest BCUT2D eigenvalue weighted by Crippen LogP contribution is -2.35. The van der Waals surface area contributed by atoms with E-state index >= 15 is 0 Å². The van der Waals surface area contributed by atoms with Crippen LogP contribution in [0.1, 0.15) is 13.8 Å². The van der Waals surface area contributed by atoms with Crippen LogP contribution in [0.4, 0.5) is 5.69 Å². The number of amides is 1. The molecular weight excluding hydrogens is 274 g/mol. The first-order chi connectivity index (χ1) is 8.66. The molecule has 0 aliphatic rings. The molecule has 0 aromatic carbocycles. The molecule has 1 heterocycles. The molecule has 0 fully saturated rings. The fraction of sp³-hybridized carbons (Fsp3) is 0.500. The van der Waals surface area contributed by atoms with E-state index in [4.69, 9.17) is 11.6 Å². The molecule has 0 unspecified atom stereocenters. The smallest absolute Gasteiger partial charge is 0.325 e. The number of halogens is 1. The van der Waals surface area contributed by atoms with Crippen LogP contribution in [0, 0.1) is 10.1 Å². The second kappa shape index (κ2) is 5.35. The second-order valence-electron chi connectivity index (χ2n) is 4.58. The SMILES string of the molecule is CN(C)C=NC(=O)C(C)(C)n1cc([N+](=O)[O-])c(Cl)n1. The lowest BCUT2D eigenvalue weighted by Gasteiger charge is -2.20. The third-order valence-corrected chi connectivity index (χ3v) is 2.62. The van der Waals surface area contributed by atoms with Crippen molar-refractivity contribution in [3.8, 4) is 0 Å². The summed E-state index contributed by atoms with van der Waals surface area (Å²) in [5.74, 6) is -0.490. The zero-order valence-electron chi connectivity index (χ0n) is 11.0. The van der Waals surface area contributed by atoms with Crippen LogP contribution in [0.15, 0.2) is 11.2 Å². The van der Waals surface area contributed by atoms with Crippen molar-refractivity contribution < 1.29 is 9.72 Å². The Bertz CT molecular complexity index is 535. The molecule has 1 aromatic heterocycles. The minimum Gasteiger partial charge on any atom is -0.369 e. The molecule has 0 spiro atoms. The van der Waals surface area contributed by atoms with Gasteiger partial charge in [0, 0.05) is 14.1 Å².